The first-order valence-corrected chi connectivity index (χ1v) is 7.12. The van der Waals surface area contributed by atoms with Crippen molar-refractivity contribution in [2.75, 3.05) is 14.2 Å². The third-order valence-electron chi connectivity index (χ3n) is 4.56. The van der Waals surface area contributed by atoms with E-state index in [4.69, 9.17) is 21.1 Å². The third kappa shape index (κ3) is 2.19. The van der Waals surface area contributed by atoms with Gasteiger partial charge in [-0.15, -0.1) is 0 Å². The number of aliphatic hydroxyl groups is 1. The first kappa shape index (κ1) is 13.1. The van der Waals surface area contributed by atoms with E-state index in [0.717, 1.165) is 30.2 Å². The van der Waals surface area contributed by atoms with Crippen molar-refractivity contribution in [3.8, 4) is 11.5 Å². The molecule has 4 heteroatoms. The first-order chi connectivity index (χ1) is 9.15. The maximum absolute atomic E-state index is 10.6. The maximum atomic E-state index is 10.6. The van der Waals surface area contributed by atoms with Crippen molar-refractivity contribution in [3.05, 3.63) is 22.7 Å². The normalized spacial score (nSPS) is 29.8. The molecule has 0 aliphatic heterocycles. The molecular weight excluding hydrogens is 264 g/mol. The van der Waals surface area contributed by atoms with E-state index in [1.165, 1.54) is 6.42 Å². The standard InChI is InChI=1S/C15H19ClO3/c1-18-12-4-3-11(15(19-2)13(12)16)14(17)10-6-8-5-9(8)7-10/h3-4,8-10,14,17H,5-7H2,1-2H3. The molecule has 19 heavy (non-hydrogen) atoms. The van der Waals surface area contributed by atoms with Crippen LogP contribution in [-0.2, 0) is 0 Å². The molecule has 1 aromatic rings. The minimum Gasteiger partial charge on any atom is -0.495 e. The van der Waals surface area contributed by atoms with E-state index in [-0.39, 0.29) is 0 Å². The lowest BCUT2D eigenvalue weighted by Gasteiger charge is -2.23. The molecule has 3 nitrogen and oxygen atoms in total. The molecule has 0 aromatic heterocycles. The van der Waals surface area contributed by atoms with Crippen LogP contribution in [0.5, 0.6) is 11.5 Å². The fourth-order valence-electron chi connectivity index (χ4n) is 3.42. The van der Waals surface area contributed by atoms with Gasteiger partial charge in [-0.05, 0) is 49.1 Å². The van der Waals surface area contributed by atoms with Gasteiger partial charge >= 0.3 is 0 Å². The minimum absolute atomic E-state index is 0.335. The molecule has 0 amide bonds. The second kappa shape index (κ2) is 4.88. The van der Waals surface area contributed by atoms with Gasteiger partial charge in [-0.3, -0.25) is 0 Å². The average molecular weight is 283 g/mol. The van der Waals surface area contributed by atoms with Gasteiger partial charge in [-0.2, -0.15) is 0 Å². The van der Waals surface area contributed by atoms with Crippen molar-refractivity contribution in [2.24, 2.45) is 17.8 Å². The molecule has 2 aliphatic carbocycles. The highest BCUT2D eigenvalue weighted by Crippen LogP contribution is 2.58. The van der Waals surface area contributed by atoms with Crippen molar-refractivity contribution < 1.29 is 14.6 Å². The van der Waals surface area contributed by atoms with Gasteiger partial charge < -0.3 is 14.6 Å². The molecule has 0 spiro atoms. The van der Waals surface area contributed by atoms with Crippen LogP contribution in [-0.4, -0.2) is 19.3 Å². The van der Waals surface area contributed by atoms with Crippen molar-refractivity contribution >= 4 is 11.6 Å². The molecule has 2 fully saturated rings. The Morgan fingerprint density at radius 3 is 2.42 bits per heavy atom. The largest absolute Gasteiger partial charge is 0.495 e. The summed E-state index contributed by atoms with van der Waals surface area (Å²) >= 11 is 6.24. The molecule has 0 radical (unpaired) electrons. The van der Waals surface area contributed by atoms with E-state index in [9.17, 15) is 5.11 Å². The highest BCUT2D eigenvalue weighted by molar-refractivity contribution is 6.33. The van der Waals surface area contributed by atoms with E-state index >= 15 is 0 Å². The highest BCUT2D eigenvalue weighted by atomic mass is 35.5. The number of aliphatic hydroxyl groups excluding tert-OH is 1. The van der Waals surface area contributed by atoms with Crippen LogP contribution in [0.1, 0.15) is 30.9 Å². The average Bonchev–Trinajstić information content (AvgIpc) is 3.04. The van der Waals surface area contributed by atoms with Crippen molar-refractivity contribution in [1.29, 1.82) is 0 Å². The van der Waals surface area contributed by atoms with Gasteiger partial charge in [0.25, 0.3) is 0 Å². The van der Waals surface area contributed by atoms with Gasteiger partial charge in [0.05, 0.1) is 20.3 Å². The molecule has 2 saturated carbocycles. The second-order valence-corrected chi connectivity index (χ2v) is 6.01. The number of hydrogen-bond donors (Lipinski definition) is 1. The molecule has 2 aliphatic rings. The summed E-state index contributed by atoms with van der Waals surface area (Å²) < 4.78 is 10.5. The van der Waals surface area contributed by atoms with Crippen LogP contribution in [0.4, 0.5) is 0 Å². The third-order valence-corrected chi connectivity index (χ3v) is 4.92. The number of benzene rings is 1. The molecule has 0 saturated heterocycles. The SMILES string of the molecule is COc1ccc(C(O)C2CC3CC3C2)c(OC)c1Cl. The number of rotatable bonds is 4. The van der Waals surface area contributed by atoms with Crippen molar-refractivity contribution in [3.63, 3.8) is 0 Å². The lowest BCUT2D eigenvalue weighted by molar-refractivity contribution is 0.101. The molecule has 3 atom stereocenters. The van der Waals surface area contributed by atoms with Gasteiger partial charge in [0.1, 0.15) is 16.5 Å². The molecule has 1 N–H and O–H groups in total. The Balaban J connectivity index is 1.88. The minimum atomic E-state index is -0.494. The Bertz CT molecular complexity index is 479. The zero-order valence-corrected chi connectivity index (χ0v) is 12.0. The molecule has 3 unspecified atom stereocenters. The number of halogens is 1. The molecular formula is C15H19ClO3. The maximum Gasteiger partial charge on any atom is 0.147 e. The van der Waals surface area contributed by atoms with E-state index in [0.29, 0.717) is 22.4 Å². The van der Waals surface area contributed by atoms with Crippen LogP contribution in [0.3, 0.4) is 0 Å². The summed E-state index contributed by atoms with van der Waals surface area (Å²) in [6.45, 7) is 0. The summed E-state index contributed by atoms with van der Waals surface area (Å²) in [5.74, 6) is 3.14. The van der Waals surface area contributed by atoms with Crippen LogP contribution < -0.4 is 9.47 Å². The van der Waals surface area contributed by atoms with Gasteiger partial charge in [-0.1, -0.05) is 11.6 Å². The van der Waals surface area contributed by atoms with E-state index < -0.39 is 6.10 Å². The number of methoxy groups -OCH3 is 2. The van der Waals surface area contributed by atoms with Gasteiger partial charge in [0, 0.05) is 5.56 Å². The summed E-state index contributed by atoms with van der Waals surface area (Å²) in [7, 11) is 3.14. The predicted octanol–water partition coefficient (Wildman–Crippen LogP) is 3.44. The van der Waals surface area contributed by atoms with E-state index in [2.05, 4.69) is 0 Å². The Morgan fingerprint density at radius 1 is 1.16 bits per heavy atom. The molecule has 0 heterocycles. The smallest absolute Gasteiger partial charge is 0.147 e. The van der Waals surface area contributed by atoms with Crippen LogP contribution in [0, 0.1) is 17.8 Å². The molecule has 0 bridgehead atoms. The Kier molecular flexibility index (Phi) is 3.35. The van der Waals surface area contributed by atoms with Gasteiger partial charge in [0.15, 0.2) is 0 Å². The fourth-order valence-corrected chi connectivity index (χ4v) is 3.75. The Hall–Kier alpha value is -0.930. The molecule has 3 rings (SSSR count). The predicted molar refractivity (Wildman–Crippen MR) is 73.8 cm³/mol. The van der Waals surface area contributed by atoms with Gasteiger partial charge in [-0.25, -0.2) is 0 Å². The summed E-state index contributed by atoms with van der Waals surface area (Å²) in [4.78, 5) is 0. The van der Waals surface area contributed by atoms with Crippen LogP contribution in [0.25, 0.3) is 0 Å². The zero-order valence-electron chi connectivity index (χ0n) is 11.2. The molecule has 104 valence electrons. The van der Waals surface area contributed by atoms with E-state index in [1.54, 1.807) is 20.3 Å². The summed E-state index contributed by atoms with van der Waals surface area (Å²) in [5.41, 5.74) is 0.777. The fraction of sp³-hybridized carbons (Fsp3) is 0.600. The van der Waals surface area contributed by atoms with Crippen molar-refractivity contribution in [2.45, 2.75) is 25.4 Å². The second-order valence-electron chi connectivity index (χ2n) is 5.64. The van der Waals surface area contributed by atoms with Crippen LogP contribution >= 0.6 is 11.6 Å². The van der Waals surface area contributed by atoms with Crippen LogP contribution in [0.15, 0.2) is 12.1 Å². The topological polar surface area (TPSA) is 38.7 Å². The quantitative estimate of drug-likeness (QED) is 0.919. The zero-order chi connectivity index (χ0) is 13.6. The molecule has 1 aromatic carbocycles. The lowest BCUT2D eigenvalue weighted by Crippen LogP contribution is -2.12. The first-order valence-electron chi connectivity index (χ1n) is 6.74. The summed E-state index contributed by atoms with van der Waals surface area (Å²) in [6, 6.07) is 3.65. The Labute approximate surface area is 118 Å². The Morgan fingerprint density at radius 2 is 1.84 bits per heavy atom. The summed E-state index contributed by atoms with van der Waals surface area (Å²) in [5, 5.41) is 11.0. The number of fused-ring (bicyclic) bond motifs is 1. The number of hydrogen-bond acceptors (Lipinski definition) is 3. The van der Waals surface area contributed by atoms with Gasteiger partial charge in [0.2, 0.25) is 0 Å². The van der Waals surface area contributed by atoms with E-state index in [1.807, 2.05) is 6.07 Å². The monoisotopic (exact) mass is 282 g/mol. The summed E-state index contributed by atoms with van der Waals surface area (Å²) in [6.07, 6.45) is 3.10. The highest BCUT2D eigenvalue weighted by Gasteiger charge is 2.48. The van der Waals surface area contributed by atoms with Crippen molar-refractivity contribution in [1.82, 2.24) is 0 Å². The lowest BCUT2D eigenvalue weighted by atomic mass is 9.91. The number of ether oxygens (including phenoxy) is 2. The van der Waals surface area contributed by atoms with Crippen LogP contribution in [0.2, 0.25) is 5.02 Å².